The second-order valence-electron chi connectivity index (χ2n) is 4.81. The molecule has 0 radical (unpaired) electrons. The predicted octanol–water partition coefficient (Wildman–Crippen LogP) is 2.09. The van der Waals surface area contributed by atoms with Crippen LogP contribution in [0.3, 0.4) is 0 Å². The van der Waals surface area contributed by atoms with Crippen molar-refractivity contribution < 1.29 is 0 Å². The van der Waals surface area contributed by atoms with Gasteiger partial charge in [-0.05, 0) is 44.0 Å². The van der Waals surface area contributed by atoms with Crippen LogP contribution in [0.1, 0.15) is 11.3 Å². The minimum Gasteiger partial charge on any atom is -0.319 e. The van der Waals surface area contributed by atoms with Crippen molar-refractivity contribution in [3.8, 4) is 0 Å². The van der Waals surface area contributed by atoms with E-state index in [1.807, 2.05) is 38.5 Å². The first-order chi connectivity index (χ1) is 9.19. The van der Waals surface area contributed by atoms with Crippen LogP contribution in [0.4, 0.5) is 0 Å². The highest BCUT2D eigenvalue weighted by molar-refractivity contribution is 6.31. The van der Waals surface area contributed by atoms with Crippen LogP contribution in [-0.4, -0.2) is 28.6 Å². The Kier molecular flexibility index (Phi) is 4.93. The Hall–Kier alpha value is -1.39. The van der Waals surface area contributed by atoms with E-state index in [9.17, 15) is 0 Å². The molecule has 0 saturated heterocycles. The maximum Gasteiger partial charge on any atom is 0.0830 e. The molecule has 0 saturated carbocycles. The third kappa shape index (κ3) is 4.04. The molecule has 0 fully saturated rings. The summed E-state index contributed by atoms with van der Waals surface area (Å²) in [5.41, 5.74) is 2.21. The minimum absolute atomic E-state index is 0.460. The van der Waals surface area contributed by atoms with E-state index < -0.39 is 0 Å². The van der Waals surface area contributed by atoms with Crippen LogP contribution in [0.2, 0.25) is 5.02 Å². The number of hydrogen-bond donors (Lipinski definition) is 1. The maximum atomic E-state index is 6.22. The van der Waals surface area contributed by atoms with Crippen molar-refractivity contribution in [3.05, 3.63) is 46.7 Å². The molecule has 0 bridgehead atoms. The molecule has 5 heteroatoms. The molecule has 102 valence electrons. The van der Waals surface area contributed by atoms with Gasteiger partial charge in [0.25, 0.3) is 0 Å². The topological polar surface area (TPSA) is 42.7 Å². The molecular weight excluding hydrogens is 260 g/mol. The molecule has 0 spiro atoms. The predicted molar refractivity (Wildman–Crippen MR) is 77.3 cm³/mol. The second kappa shape index (κ2) is 6.68. The summed E-state index contributed by atoms with van der Waals surface area (Å²) in [7, 11) is 3.86. The molecular formula is C14H19ClN4. The molecule has 0 aliphatic heterocycles. The van der Waals surface area contributed by atoms with Crippen molar-refractivity contribution in [1.29, 1.82) is 0 Å². The normalized spacial score (nSPS) is 12.6. The fourth-order valence-corrected chi connectivity index (χ4v) is 2.48. The number of nitrogens with one attached hydrogen (secondary N) is 1. The van der Waals surface area contributed by atoms with Crippen molar-refractivity contribution in [1.82, 2.24) is 20.3 Å². The second-order valence-corrected chi connectivity index (χ2v) is 5.21. The van der Waals surface area contributed by atoms with E-state index in [1.165, 1.54) is 5.56 Å². The van der Waals surface area contributed by atoms with Crippen LogP contribution in [0.15, 0.2) is 30.5 Å². The Bertz CT molecular complexity index is 524. The lowest BCUT2D eigenvalue weighted by atomic mass is 9.95. The number of hydrogen-bond acceptors (Lipinski definition) is 3. The van der Waals surface area contributed by atoms with Crippen LogP contribution in [0.25, 0.3) is 0 Å². The SMILES string of the molecule is CNCC(Cc1cn(C)nn1)Cc1ccccc1Cl. The number of aromatic nitrogens is 3. The maximum absolute atomic E-state index is 6.22. The largest absolute Gasteiger partial charge is 0.319 e. The number of nitrogens with zero attached hydrogens (tertiary/aromatic N) is 3. The van der Waals surface area contributed by atoms with Crippen molar-refractivity contribution in [2.75, 3.05) is 13.6 Å². The van der Waals surface area contributed by atoms with E-state index in [0.29, 0.717) is 5.92 Å². The Morgan fingerprint density at radius 3 is 2.74 bits per heavy atom. The first-order valence-electron chi connectivity index (χ1n) is 6.42. The zero-order valence-electron chi connectivity index (χ0n) is 11.3. The Balaban J connectivity index is 2.06. The zero-order chi connectivity index (χ0) is 13.7. The van der Waals surface area contributed by atoms with Crippen LogP contribution in [0.5, 0.6) is 0 Å². The Morgan fingerprint density at radius 1 is 1.32 bits per heavy atom. The number of rotatable bonds is 6. The number of aryl methyl sites for hydroxylation is 1. The summed E-state index contributed by atoms with van der Waals surface area (Å²) in [6.07, 6.45) is 3.81. The quantitative estimate of drug-likeness (QED) is 0.880. The van der Waals surface area contributed by atoms with Crippen molar-refractivity contribution in [2.24, 2.45) is 13.0 Å². The van der Waals surface area contributed by atoms with Gasteiger partial charge in [-0.1, -0.05) is 35.0 Å². The number of halogens is 1. The molecule has 1 N–H and O–H groups in total. The van der Waals surface area contributed by atoms with Crippen molar-refractivity contribution in [2.45, 2.75) is 12.8 Å². The summed E-state index contributed by atoms with van der Waals surface area (Å²) in [6, 6.07) is 8.01. The van der Waals surface area contributed by atoms with Gasteiger partial charge in [-0.15, -0.1) is 5.10 Å². The van der Waals surface area contributed by atoms with E-state index in [4.69, 9.17) is 11.6 Å². The summed E-state index contributed by atoms with van der Waals surface area (Å²) in [5, 5.41) is 12.2. The Morgan fingerprint density at radius 2 is 2.11 bits per heavy atom. The number of benzene rings is 1. The van der Waals surface area contributed by atoms with Crippen molar-refractivity contribution >= 4 is 11.6 Å². The molecule has 1 heterocycles. The van der Waals surface area contributed by atoms with Gasteiger partial charge in [-0.3, -0.25) is 4.68 Å². The fourth-order valence-electron chi connectivity index (χ4n) is 2.26. The van der Waals surface area contributed by atoms with Gasteiger partial charge in [0.05, 0.1) is 5.69 Å². The summed E-state index contributed by atoms with van der Waals surface area (Å²) < 4.78 is 1.74. The molecule has 1 aromatic carbocycles. The summed E-state index contributed by atoms with van der Waals surface area (Å²) >= 11 is 6.22. The monoisotopic (exact) mass is 278 g/mol. The van der Waals surface area contributed by atoms with Gasteiger partial charge in [0, 0.05) is 18.3 Å². The third-order valence-electron chi connectivity index (χ3n) is 3.11. The third-order valence-corrected chi connectivity index (χ3v) is 3.48. The molecule has 4 nitrogen and oxygen atoms in total. The summed E-state index contributed by atoms with van der Waals surface area (Å²) in [4.78, 5) is 0. The van der Waals surface area contributed by atoms with Crippen LogP contribution >= 0.6 is 11.6 Å². The average molecular weight is 279 g/mol. The van der Waals surface area contributed by atoms with Gasteiger partial charge in [0.2, 0.25) is 0 Å². The van der Waals surface area contributed by atoms with Gasteiger partial charge >= 0.3 is 0 Å². The van der Waals surface area contributed by atoms with Crippen molar-refractivity contribution in [3.63, 3.8) is 0 Å². The molecule has 2 aromatic rings. The molecule has 19 heavy (non-hydrogen) atoms. The minimum atomic E-state index is 0.460. The molecule has 1 aromatic heterocycles. The fraction of sp³-hybridized carbons (Fsp3) is 0.429. The highest BCUT2D eigenvalue weighted by atomic mass is 35.5. The molecule has 0 aliphatic rings. The molecule has 1 atom stereocenters. The molecule has 0 amide bonds. The smallest absolute Gasteiger partial charge is 0.0830 e. The average Bonchev–Trinajstić information content (AvgIpc) is 2.78. The van der Waals surface area contributed by atoms with E-state index in [1.54, 1.807) is 4.68 Å². The van der Waals surface area contributed by atoms with Gasteiger partial charge in [0.1, 0.15) is 0 Å². The van der Waals surface area contributed by atoms with Gasteiger partial charge in [0.15, 0.2) is 0 Å². The highest BCUT2D eigenvalue weighted by Gasteiger charge is 2.13. The van der Waals surface area contributed by atoms with Crippen LogP contribution < -0.4 is 5.32 Å². The highest BCUT2D eigenvalue weighted by Crippen LogP contribution is 2.20. The lowest BCUT2D eigenvalue weighted by Crippen LogP contribution is -2.23. The molecule has 1 unspecified atom stereocenters. The van der Waals surface area contributed by atoms with Gasteiger partial charge < -0.3 is 5.32 Å². The summed E-state index contributed by atoms with van der Waals surface area (Å²) in [5.74, 6) is 0.460. The van der Waals surface area contributed by atoms with E-state index in [0.717, 1.165) is 30.1 Å². The summed E-state index contributed by atoms with van der Waals surface area (Å²) in [6.45, 7) is 0.932. The zero-order valence-corrected chi connectivity index (χ0v) is 12.1. The lowest BCUT2D eigenvalue weighted by Gasteiger charge is -2.16. The first kappa shape index (κ1) is 14.0. The Labute approximate surface area is 118 Å². The lowest BCUT2D eigenvalue weighted by molar-refractivity contribution is 0.488. The molecule has 2 rings (SSSR count). The molecule has 0 aliphatic carbocycles. The standard InChI is InChI=1S/C14H19ClN4/c1-16-9-11(8-13-10-19(2)18-17-13)7-12-5-3-4-6-14(12)15/h3-6,10-11,16H,7-9H2,1-2H3. The van der Waals surface area contributed by atoms with E-state index in [-0.39, 0.29) is 0 Å². The van der Waals surface area contributed by atoms with Crippen LogP contribution in [-0.2, 0) is 19.9 Å². The van der Waals surface area contributed by atoms with Crippen LogP contribution in [0, 0.1) is 5.92 Å². The van der Waals surface area contributed by atoms with E-state index in [2.05, 4.69) is 21.7 Å². The van der Waals surface area contributed by atoms with E-state index >= 15 is 0 Å². The van der Waals surface area contributed by atoms with Gasteiger partial charge in [-0.2, -0.15) is 0 Å². The van der Waals surface area contributed by atoms with Gasteiger partial charge in [-0.25, -0.2) is 0 Å². The first-order valence-corrected chi connectivity index (χ1v) is 6.80.